The van der Waals surface area contributed by atoms with Crippen LogP contribution >= 0.6 is 0 Å². The predicted octanol–water partition coefficient (Wildman–Crippen LogP) is 1.89. The third-order valence-electron chi connectivity index (χ3n) is 2.32. The van der Waals surface area contributed by atoms with Crippen LogP contribution in [0.25, 0.3) is 0 Å². The Morgan fingerprint density at radius 3 is 2.00 bits per heavy atom. The smallest absolute Gasteiger partial charge is 0.0612 e. The summed E-state index contributed by atoms with van der Waals surface area (Å²) < 4.78 is 5.83. The molecule has 12 heavy (non-hydrogen) atoms. The quantitative estimate of drug-likeness (QED) is 0.629. The molecular weight excluding hydrogens is 150 g/mol. The Kier molecular flexibility index (Phi) is 2.79. The van der Waals surface area contributed by atoms with Crippen LogP contribution in [0.4, 0.5) is 0 Å². The summed E-state index contributed by atoms with van der Waals surface area (Å²) in [5, 5.41) is 0. The second kappa shape index (κ2) is 3.35. The van der Waals surface area contributed by atoms with Crippen molar-refractivity contribution in [3.63, 3.8) is 0 Å². The van der Waals surface area contributed by atoms with Gasteiger partial charge in [0.05, 0.1) is 11.7 Å². The maximum absolute atomic E-state index is 5.83. The van der Waals surface area contributed by atoms with Gasteiger partial charge in [-0.1, -0.05) is 0 Å². The maximum atomic E-state index is 5.83. The Bertz CT molecular complexity index is 142. The van der Waals surface area contributed by atoms with Crippen molar-refractivity contribution in [3.8, 4) is 0 Å². The van der Waals surface area contributed by atoms with Crippen LogP contribution < -0.4 is 0 Å². The van der Waals surface area contributed by atoms with Crippen molar-refractivity contribution in [1.82, 2.24) is 4.90 Å². The van der Waals surface area contributed by atoms with Crippen LogP contribution in [0.15, 0.2) is 0 Å². The van der Waals surface area contributed by atoms with Crippen molar-refractivity contribution in [2.45, 2.75) is 51.4 Å². The highest BCUT2D eigenvalue weighted by atomic mass is 16.5. The van der Waals surface area contributed by atoms with Gasteiger partial charge in [-0.15, -0.1) is 0 Å². The van der Waals surface area contributed by atoms with Gasteiger partial charge in [0.1, 0.15) is 0 Å². The summed E-state index contributed by atoms with van der Waals surface area (Å²) in [4.78, 5) is 2.28. The van der Waals surface area contributed by atoms with E-state index in [1.54, 1.807) is 0 Å². The molecule has 0 N–H and O–H groups in total. The Morgan fingerprint density at radius 2 is 1.67 bits per heavy atom. The number of nitrogens with zero attached hydrogens (tertiary/aromatic N) is 1. The molecule has 0 aromatic carbocycles. The van der Waals surface area contributed by atoms with Gasteiger partial charge in [0.25, 0.3) is 0 Å². The second-order valence-corrected chi connectivity index (χ2v) is 4.94. The van der Waals surface area contributed by atoms with E-state index < -0.39 is 0 Å². The molecule has 0 aliphatic heterocycles. The molecule has 1 rings (SSSR count). The monoisotopic (exact) mass is 171 g/mol. The van der Waals surface area contributed by atoms with Crippen LogP contribution in [0.2, 0.25) is 0 Å². The number of ether oxygens (including phenoxy) is 1. The van der Waals surface area contributed by atoms with Gasteiger partial charge in [0.15, 0.2) is 0 Å². The van der Waals surface area contributed by atoms with Crippen molar-refractivity contribution < 1.29 is 4.74 Å². The van der Waals surface area contributed by atoms with Gasteiger partial charge < -0.3 is 9.64 Å². The van der Waals surface area contributed by atoms with E-state index in [1.807, 2.05) is 0 Å². The lowest BCUT2D eigenvalue weighted by molar-refractivity contribution is -0.115. The molecule has 2 heteroatoms. The van der Waals surface area contributed by atoms with E-state index in [0.29, 0.717) is 6.10 Å². The van der Waals surface area contributed by atoms with E-state index in [4.69, 9.17) is 4.74 Å². The van der Waals surface area contributed by atoms with Crippen molar-refractivity contribution in [1.29, 1.82) is 0 Å². The molecule has 0 saturated heterocycles. The summed E-state index contributed by atoms with van der Waals surface area (Å²) in [6.45, 7) is 6.36. The Labute approximate surface area is 75.9 Å². The van der Waals surface area contributed by atoms with Crippen LogP contribution in [-0.4, -0.2) is 36.7 Å². The zero-order valence-corrected chi connectivity index (χ0v) is 8.92. The Balaban J connectivity index is 2.18. The van der Waals surface area contributed by atoms with Crippen LogP contribution in [0, 0.1) is 0 Å². The number of rotatable bonds is 2. The molecule has 0 heterocycles. The van der Waals surface area contributed by atoms with Gasteiger partial charge in [-0.2, -0.15) is 0 Å². The van der Waals surface area contributed by atoms with E-state index in [9.17, 15) is 0 Å². The number of hydrogen-bond donors (Lipinski definition) is 0. The fraction of sp³-hybridized carbons (Fsp3) is 1.00. The summed E-state index contributed by atoms with van der Waals surface area (Å²) in [7, 11) is 4.27. The van der Waals surface area contributed by atoms with E-state index in [-0.39, 0.29) is 5.60 Å². The lowest BCUT2D eigenvalue weighted by Gasteiger charge is -2.42. The molecule has 1 aliphatic rings. The molecule has 1 aliphatic carbocycles. The molecule has 0 spiro atoms. The van der Waals surface area contributed by atoms with E-state index >= 15 is 0 Å². The summed E-state index contributed by atoms with van der Waals surface area (Å²) in [5.74, 6) is 0. The molecule has 1 saturated carbocycles. The molecule has 0 radical (unpaired) electrons. The average Bonchev–Trinajstić information content (AvgIpc) is 1.74. The first-order valence-electron chi connectivity index (χ1n) is 4.73. The van der Waals surface area contributed by atoms with Crippen LogP contribution in [0.1, 0.15) is 33.6 Å². The standard InChI is InChI=1S/C10H21NO/c1-10(2,3)12-9-6-8(7-9)11(4)5/h8-9H,6-7H2,1-5H3. The zero-order valence-electron chi connectivity index (χ0n) is 8.92. The van der Waals surface area contributed by atoms with Gasteiger partial charge in [-0.3, -0.25) is 0 Å². The minimum Gasteiger partial charge on any atom is -0.373 e. The van der Waals surface area contributed by atoms with Crippen molar-refractivity contribution in [3.05, 3.63) is 0 Å². The Morgan fingerprint density at radius 1 is 1.17 bits per heavy atom. The topological polar surface area (TPSA) is 12.5 Å². The summed E-state index contributed by atoms with van der Waals surface area (Å²) in [5.41, 5.74) is 0.0297. The first-order chi connectivity index (χ1) is 5.38. The van der Waals surface area contributed by atoms with Crippen molar-refractivity contribution >= 4 is 0 Å². The van der Waals surface area contributed by atoms with Gasteiger partial charge in [0.2, 0.25) is 0 Å². The fourth-order valence-corrected chi connectivity index (χ4v) is 1.56. The molecule has 0 bridgehead atoms. The first kappa shape index (κ1) is 10.0. The van der Waals surface area contributed by atoms with E-state index in [2.05, 4.69) is 39.8 Å². The third-order valence-corrected chi connectivity index (χ3v) is 2.32. The van der Waals surface area contributed by atoms with E-state index in [1.165, 1.54) is 12.8 Å². The predicted molar refractivity (Wildman–Crippen MR) is 51.3 cm³/mol. The molecule has 2 nitrogen and oxygen atoms in total. The molecule has 0 atom stereocenters. The van der Waals surface area contributed by atoms with Gasteiger partial charge in [0, 0.05) is 6.04 Å². The highest BCUT2D eigenvalue weighted by molar-refractivity contribution is 4.87. The SMILES string of the molecule is CN(C)C1CC(OC(C)(C)C)C1. The minimum atomic E-state index is 0.0297. The lowest BCUT2D eigenvalue weighted by Crippen LogP contribution is -2.47. The van der Waals surface area contributed by atoms with Crippen molar-refractivity contribution in [2.24, 2.45) is 0 Å². The van der Waals surface area contributed by atoms with Crippen molar-refractivity contribution in [2.75, 3.05) is 14.1 Å². The lowest BCUT2D eigenvalue weighted by atomic mass is 9.88. The molecule has 0 aromatic rings. The normalized spacial score (nSPS) is 30.5. The van der Waals surface area contributed by atoms with Crippen LogP contribution in [-0.2, 0) is 4.74 Å². The van der Waals surface area contributed by atoms with Gasteiger partial charge in [-0.25, -0.2) is 0 Å². The van der Waals surface area contributed by atoms with Crippen LogP contribution in [0.5, 0.6) is 0 Å². The molecule has 0 amide bonds. The maximum Gasteiger partial charge on any atom is 0.0612 e. The van der Waals surface area contributed by atoms with Gasteiger partial charge >= 0.3 is 0 Å². The molecular formula is C10H21NO. The minimum absolute atomic E-state index is 0.0297. The Hall–Kier alpha value is -0.0800. The summed E-state index contributed by atoms with van der Waals surface area (Å²) in [6.07, 6.45) is 2.89. The van der Waals surface area contributed by atoms with Gasteiger partial charge in [-0.05, 0) is 47.7 Å². The average molecular weight is 171 g/mol. The highest BCUT2D eigenvalue weighted by Gasteiger charge is 2.33. The zero-order chi connectivity index (χ0) is 9.35. The number of hydrogen-bond acceptors (Lipinski definition) is 2. The molecule has 1 fully saturated rings. The highest BCUT2D eigenvalue weighted by Crippen LogP contribution is 2.29. The molecule has 72 valence electrons. The summed E-state index contributed by atoms with van der Waals surface area (Å²) in [6, 6.07) is 0.748. The first-order valence-corrected chi connectivity index (χ1v) is 4.73. The van der Waals surface area contributed by atoms with Crippen LogP contribution in [0.3, 0.4) is 0 Å². The third kappa shape index (κ3) is 2.76. The largest absolute Gasteiger partial charge is 0.373 e. The molecule has 0 aromatic heterocycles. The summed E-state index contributed by atoms with van der Waals surface area (Å²) >= 11 is 0. The molecule has 0 unspecified atom stereocenters. The fourth-order valence-electron chi connectivity index (χ4n) is 1.56. The second-order valence-electron chi connectivity index (χ2n) is 4.94. The van der Waals surface area contributed by atoms with E-state index in [0.717, 1.165) is 6.04 Å².